The van der Waals surface area contributed by atoms with E-state index in [0.29, 0.717) is 19.1 Å². The first-order valence-electron chi connectivity index (χ1n) is 6.79. The van der Waals surface area contributed by atoms with E-state index in [1.54, 1.807) is 0 Å². The highest BCUT2D eigenvalue weighted by Gasteiger charge is 2.45. The van der Waals surface area contributed by atoms with Crippen molar-refractivity contribution >= 4 is 18.3 Å². The first kappa shape index (κ1) is 16.8. The van der Waals surface area contributed by atoms with E-state index in [1.165, 1.54) is 0 Å². The van der Waals surface area contributed by atoms with Gasteiger partial charge in [0.2, 0.25) is 5.91 Å². The van der Waals surface area contributed by atoms with E-state index in [4.69, 9.17) is 10.5 Å². The lowest BCUT2D eigenvalue weighted by atomic mass is 10.2. The number of halogens is 1. The van der Waals surface area contributed by atoms with Crippen molar-refractivity contribution < 1.29 is 9.53 Å². The Morgan fingerprint density at radius 1 is 1.40 bits per heavy atom. The molecule has 20 heavy (non-hydrogen) atoms. The van der Waals surface area contributed by atoms with Gasteiger partial charge in [0.25, 0.3) is 0 Å². The van der Waals surface area contributed by atoms with Crippen LogP contribution in [0.2, 0.25) is 0 Å². The molecule has 0 heterocycles. The van der Waals surface area contributed by atoms with Crippen molar-refractivity contribution in [2.75, 3.05) is 6.61 Å². The van der Waals surface area contributed by atoms with E-state index in [0.717, 1.165) is 24.2 Å². The maximum Gasteiger partial charge on any atom is 0.240 e. The van der Waals surface area contributed by atoms with Crippen molar-refractivity contribution in [3.05, 3.63) is 29.8 Å². The molecule has 1 saturated carbocycles. The van der Waals surface area contributed by atoms with Gasteiger partial charge in [0.15, 0.2) is 0 Å². The summed E-state index contributed by atoms with van der Waals surface area (Å²) in [5.41, 5.74) is 6.22. The third kappa shape index (κ3) is 4.39. The minimum absolute atomic E-state index is 0. The summed E-state index contributed by atoms with van der Waals surface area (Å²) in [4.78, 5) is 11.8. The molecule has 4 nitrogen and oxygen atoms in total. The van der Waals surface area contributed by atoms with Gasteiger partial charge in [-0.05, 0) is 24.8 Å². The fraction of sp³-hybridized carbons (Fsp3) is 0.533. The highest BCUT2D eigenvalue weighted by molar-refractivity contribution is 5.88. The molecule has 0 spiro atoms. The number of amides is 1. The predicted molar refractivity (Wildman–Crippen MR) is 82.0 cm³/mol. The second kappa shape index (κ2) is 6.95. The van der Waals surface area contributed by atoms with Crippen LogP contribution in [0.5, 0.6) is 5.75 Å². The normalized spacial score (nSPS) is 15.4. The summed E-state index contributed by atoms with van der Waals surface area (Å²) in [7, 11) is 0. The molecule has 0 unspecified atom stereocenters. The average molecular weight is 299 g/mol. The standard InChI is InChI=1S/C15H22N2O2.ClH/c1-11(2)10-19-13-6-4-3-5-12(13)9-17-14(18)15(16)7-8-15;/h3-6,11H,7-10,16H2,1-2H3,(H,17,18);1H. The lowest BCUT2D eigenvalue weighted by molar-refractivity contribution is -0.123. The summed E-state index contributed by atoms with van der Waals surface area (Å²) in [6.07, 6.45) is 1.56. The van der Waals surface area contributed by atoms with E-state index < -0.39 is 5.54 Å². The zero-order valence-corrected chi connectivity index (χ0v) is 12.8. The molecule has 2 rings (SSSR count). The van der Waals surface area contributed by atoms with Gasteiger partial charge >= 0.3 is 0 Å². The van der Waals surface area contributed by atoms with E-state index >= 15 is 0 Å². The van der Waals surface area contributed by atoms with E-state index in [2.05, 4.69) is 19.2 Å². The second-order valence-electron chi connectivity index (χ2n) is 5.65. The topological polar surface area (TPSA) is 64.3 Å². The molecule has 1 aliphatic carbocycles. The van der Waals surface area contributed by atoms with Gasteiger partial charge in [-0.2, -0.15) is 0 Å². The number of nitrogens with two attached hydrogens (primary N) is 1. The minimum atomic E-state index is -0.617. The predicted octanol–water partition coefficient (Wildman–Crippen LogP) is 2.25. The highest BCUT2D eigenvalue weighted by Crippen LogP contribution is 2.32. The van der Waals surface area contributed by atoms with Gasteiger partial charge in [-0.25, -0.2) is 0 Å². The molecule has 1 fully saturated rings. The Kier molecular flexibility index (Phi) is 5.84. The molecule has 0 bridgehead atoms. The summed E-state index contributed by atoms with van der Waals surface area (Å²) in [6, 6.07) is 7.77. The van der Waals surface area contributed by atoms with Crippen LogP contribution in [0, 0.1) is 5.92 Å². The first-order valence-corrected chi connectivity index (χ1v) is 6.79. The molecule has 0 aliphatic heterocycles. The monoisotopic (exact) mass is 298 g/mol. The molecule has 0 atom stereocenters. The smallest absolute Gasteiger partial charge is 0.240 e. The van der Waals surface area contributed by atoms with Gasteiger partial charge in [-0.1, -0.05) is 32.0 Å². The average Bonchev–Trinajstić information content (AvgIpc) is 3.13. The van der Waals surface area contributed by atoms with Crippen molar-refractivity contribution in [2.45, 2.75) is 38.8 Å². The number of benzene rings is 1. The van der Waals surface area contributed by atoms with Gasteiger partial charge in [-0.15, -0.1) is 12.4 Å². The van der Waals surface area contributed by atoms with Gasteiger partial charge in [0, 0.05) is 12.1 Å². The number of carbonyl (C=O) groups excluding carboxylic acids is 1. The lowest BCUT2D eigenvalue weighted by Gasteiger charge is -2.15. The van der Waals surface area contributed by atoms with E-state index in [-0.39, 0.29) is 18.3 Å². The van der Waals surface area contributed by atoms with Crippen LogP contribution >= 0.6 is 12.4 Å². The number of nitrogens with one attached hydrogen (secondary N) is 1. The molecule has 1 amide bonds. The highest BCUT2D eigenvalue weighted by atomic mass is 35.5. The van der Waals surface area contributed by atoms with Gasteiger partial charge in [0.1, 0.15) is 5.75 Å². The van der Waals surface area contributed by atoms with Crippen LogP contribution in [0.3, 0.4) is 0 Å². The minimum Gasteiger partial charge on any atom is -0.493 e. The van der Waals surface area contributed by atoms with Gasteiger partial charge in [0.05, 0.1) is 12.1 Å². The Labute approximate surface area is 126 Å². The van der Waals surface area contributed by atoms with Crippen LogP contribution in [-0.4, -0.2) is 18.1 Å². The van der Waals surface area contributed by atoms with Crippen LogP contribution < -0.4 is 15.8 Å². The van der Waals surface area contributed by atoms with Crippen LogP contribution in [0.15, 0.2) is 24.3 Å². The van der Waals surface area contributed by atoms with E-state index in [1.807, 2.05) is 24.3 Å². The maximum absolute atomic E-state index is 11.8. The first-order chi connectivity index (χ1) is 9.01. The quantitative estimate of drug-likeness (QED) is 0.846. The Hall–Kier alpha value is -1.26. The summed E-state index contributed by atoms with van der Waals surface area (Å²) in [5, 5.41) is 2.89. The molecule has 3 N–H and O–H groups in total. The molecule has 5 heteroatoms. The third-order valence-electron chi connectivity index (χ3n) is 3.23. The molecular formula is C15H23ClN2O2. The van der Waals surface area contributed by atoms with Crippen molar-refractivity contribution in [3.63, 3.8) is 0 Å². The van der Waals surface area contributed by atoms with Crippen LogP contribution in [-0.2, 0) is 11.3 Å². The van der Waals surface area contributed by atoms with Gasteiger partial charge in [-0.3, -0.25) is 4.79 Å². The molecule has 0 aromatic heterocycles. The number of rotatable bonds is 6. The zero-order valence-electron chi connectivity index (χ0n) is 12.0. The number of carbonyl (C=O) groups is 1. The van der Waals surface area contributed by atoms with Gasteiger partial charge < -0.3 is 15.8 Å². The second-order valence-corrected chi connectivity index (χ2v) is 5.65. The fourth-order valence-electron chi connectivity index (χ4n) is 1.76. The Bertz CT molecular complexity index is 459. The number of para-hydroxylation sites is 1. The molecule has 0 saturated heterocycles. The van der Waals surface area contributed by atoms with Crippen LogP contribution in [0.4, 0.5) is 0 Å². The summed E-state index contributed by atoms with van der Waals surface area (Å²) >= 11 is 0. The van der Waals surface area contributed by atoms with Crippen LogP contribution in [0.25, 0.3) is 0 Å². The number of hydrogen-bond acceptors (Lipinski definition) is 3. The fourth-order valence-corrected chi connectivity index (χ4v) is 1.76. The molecule has 1 aromatic carbocycles. The number of ether oxygens (including phenoxy) is 1. The zero-order chi connectivity index (χ0) is 13.9. The summed E-state index contributed by atoms with van der Waals surface area (Å²) in [5.74, 6) is 1.24. The molecule has 1 aromatic rings. The molecular weight excluding hydrogens is 276 g/mol. The molecule has 1 aliphatic rings. The lowest BCUT2D eigenvalue weighted by Crippen LogP contribution is -2.42. The summed E-state index contributed by atoms with van der Waals surface area (Å²) < 4.78 is 5.75. The summed E-state index contributed by atoms with van der Waals surface area (Å²) in [6.45, 7) is 5.35. The maximum atomic E-state index is 11.8. The van der Waals surface area contributed by atoms with Crippen molar-refractivity contribution in [1.29, 1.82) is 0 Å². The Balaban J connectivity index is 0.00000200. The van der Waals surface area contributed by atoms with Crippen molar-refractivity contribution in [3.8, 4) is 5.75 Å². The SMILES string of the molecule is CC(C)COc1ccccc1CNC(=O)C1(N)CC1.Cl. The van der Waals surface area contributed by atoms with E-state index in [9.17, 15) is 4.79 Å². The molecule has 0 radical (unpaired) electrons. The molecule has 112 valence electrons. The largest absolute Gasteiger partial charge is 0.493 e. The Morgan fingerprint density at radius 2 is 2.05 bits per heavy atom. The van der Waals surface area contributed by atoms with Crippen LogP contribution in [0.1, 0.15) is 32.3 Å². The Morgan fingerprint density at radius 3 is 2.65 bits per heavy atom. The number of hydrogen-bond donors (Lipinski definition) is 2. The van der Waals surface area contributed by atoms with Crippen molar-refractivity contribution in [1.82, 2.24) is 5.32 Å². The van der Waals surface area contributed by atoms with Crippen molar-refractivity contribution in [2.24, 2.45) is 11.7 Å². The third-order valence-corrected chi connectivity index (χ3v) is 3.23.